The zero-order valence-corrected chi connectivity index (χ0v) is 28.6. The molecule has 3 atom stereocenters. The SMILES string of the molecule is C=C(CN1CCC(C)(O)C1)C(=O)NCc1nn(-c2ccccc2)c2c1[C@H](c1ccc(F)cc1)[C@H](NC(=O)c1cccc(C(F)(F)F)c1)C(=O)N2CC. The molecule has 4 aromatic rings. The molecule has 272 valence electrons. The van der Waals surface area contributed by atoms with Crippen LogP contribution in [0.5, 0.6) is 0 Å². The number of halogens is 4. The van der Waals surface area contributed by atoms with E-state index in [4.69, 9.17) is 5.10 Å². The van der Waals surface area contributed by atoms with Crippen LogP contribution in [0.15, 0.2) is 91.0 Å². The van der Waals surface area contributed by atoms with Crippen LogP contribution in [0.2, 0.25) is 0 Å². The summed E-state index contributed by atoms with van der Waals surface area (Å²) in [6.45, 7) is 8.64. The number of likely N-dealkylation sites (tertiary alicyclic amines) is 1. The zero-order valence-electron chi connectivity index (χ0n) is 28.6. The van der Waals surface area contributed by atoms with Crippen LogP contribution in [-0.4, -0.2) is 75.3 Å². The maximum atomic E-state index is 14.4. The number of β-amino-alcohol motifs (C(OH)–C–C–N with tert-alkyl or cyclic N) is 1. The molecule has 6 rings (SSSR count). The number of carbonyl (C=O) groups is 3. The van der Waals surface area contributed by atoms with Gasteiger partial charge in [0.1, 0.15) is 17.7 Å². The topological polar surface area (TPSA) is 120 Å². The number of nitrogens with one attached hydrogen (secondary N) is 2. The summed E-state index contributed by atoms with van der Waals surface area (Å²) in [6.07, 6.45) is -4.14. The monoisotopic (exact) mass is 718 g/mol. The smallest absolute Gasteiger partial charge is 0.389 e. The Morgan fingerprint density at radius 3 is 2.40 bits per heavy atom. The van der Waals surface area contributed by atoms with Crippen LogP contribution in [0.25, 0.3) is 5.69 Å². The van der Waals surface area contributed by atoms with Gasteiger partial charge in [-0.3, -0.25) is 24.2 Å². The Morgan fingerprint density at radius 2 is 1.77 bits per heavy atom. The van der Waals surface area contributed by atoms with E-state index in [-0.39, 0.29) is 30.8 Å². The van der Waals surface area contributed by atoms with E-state index >= 15 is 0 Å². The Labute approximate surface area is 297 Å². The van der Waals surface area contributed by atoms with Crippen molar-refractivity contribution in [1.82, 2.24) is 25.3 Å². The molecule has 14 heteroatoms. The molecule has 52 heavy (non-hydrogen) atoms. The summed E-state index contributed by atoms with van der Waals surface area (Å²) >= 11 is 0. The molecule has 3 aromatic carbocycles. The van der Waals surface area contributed by atoms with E-state index in [9.17, 15) is 37.1 Å². The van der Waals surface area contributed by atoms with Gasteiger partial charge in [0, 0.05) is 48.8 Å². The predicted molar refractivity (Wildman–Crippen MR) is 185 cm³/mol. The fourth-order valence-corrected chi connectivity index (χ4v) is 6.85. The summed E-state index contributed by atoms with van der Waals surface area (Å²) in [5.41, 5.74) is -0.118. The third-order valence-electron chi connectivity index (χ3n) is 9.37. The van der Waals surface area contributed by atoms with Crippen molar-refractivity contribution in [2.24, 2.45) is 0 Å². The number of carbonyl (C=O) groups excluding carboxylic acids is 3. The fourth-order valence-electron chi connectivity index (χ4n) is 6.85. The highest BCUT2D eigenvalue weighted by atomic mass is 19.4. The minimum atomic E-state index is -4.70. The van der Waals surface area contributed by atoms with Crippen molar-refractivity contribution < 1.29 is 37.1 Å². The standard InChI is InChI=1S/C38H38F4N6O4/c1-4-47-35-31(29(45-48(35)28-11-6-5-7-12-28)20-43-33(49)23(2)21-46-18-17-37(3,52)22-46)30(24-13-15-27(39)16-14-24)32(36(47)51)44-34(50)25-9-8-10-26(19-25)38(40,41)42/h5-16,19,30,32,52H,2,4,17-18,20-22H2,1,3H3,(H,43,49)(H,44,50)/t30-,32-,37?/m0/s1. The van der Waals surface area contributed by atoms with Crippen molar-refractivity contribution in [1.29, 1.82) is 0 Å². The Balaban J connectivity index is 1.42. The number of para-hydroxylation sites is 1. The van der Waals surface area contributed by atoms with Gasteiger partial charge in [-0.2, -0.15) is 18.3 Å². The molecule has 10 nitrogen and oxygen atoms in total. The predicted octanol–water partition coefficient (Wildman–Crippen LogP) is 4.96. The molecule has 0 saturated carbocycles. The summed E-state index contributed by atoms with van der Waals surface area (Å²) in [7, 11) is 0. The number of fused-ring (bicyclic) bond motifs is 1. The highest BCUT2D eigenvalue weighted by molar-refractivity contribution is 6.05. The van der Waals surface area contributed by atoms with Gasteiger partial charge < -0.3 is 15.7 Å². The fraction of sp³-hybridized carbons (Fsp3) is 0.316. The number of rotatable bonds is 10. The number of hydrogen-bond acceptors (Lipinski definition) is 6. The molecule has 1 aromatic heterocycles. The summed E-state index contributed by atoms with van der Waals surface area (Å²) in [5, 5.41) is 20.8. The number of likely N-dealkylation sites (N-methyl/N-ethyl adjacent to an activating group) is 1. The van der Waals surface area contributed by atoms with Gasteiger partial charge in [-0.05, 0) is 68.3 Å². The number of nitrogens with zero attached hydrogens (tertiary/aromatic N) is 4. The van der Waals surface area contributed by atoms with Gasteiger partial charge in [0.25, 0.3) is 11.8 Å². The molecule has 1 saturated heterocycles. The van der Waals surface area contributed by atoms with Crippen molar-refractivity contribution in [2.45, 2.75) is 50.6 Å². The molecule has 1 unspecified atom stereocenters. The Hall–Kier alpha value is -5.34. The van der Waals surface area contributed by atoms with Crippen molar-refractivity contribution in [3.63, 3.8) is 0 Å². The number of aromatic nitrogens is 2. The molecular formula is C38H38F4N6O4. The molecule has 0 spiro atoms. The van der Waals surface area contributed by atoms with Gasteiger partial charge in [-0.1, -0.05) is 43.0 Å². The van der Waals surface area contributed by atoms with Crippen LogP contribution in [0.1, 0.15) is 58.9 Å². The first-order chi connectivity index (χ1) is 24.7. The molecule has 3 heterocycles. The van der Waals surface area contributed by atoms with E-state index < -0.39 is 52.8 Å². The Morgan fingerprint density at radius 1 is 1.06 bits per heavy atom. The van der Waals surface area contributed by atoms with Crippen LogP contribution in [-0.2, 0) is 22.3 Å². The number of amides is 3. The lowest BCUT2D eigenvalue weighted by atomic mass is 9.80. The molecule has 0 bridgehead atoms. The van der Waals surface area contributed by atoms with Crippen molar-refractivity contribution in [3.05, 3.63) is 125 Å². The summed E-state index contributed by atoms with van der Waals surface area (Å²) in [5.74, 6) is -3.12. The summed E-state index contributed by atoms with van der Waals surface area (Å²) in [6, 6.07) is 16.9. The van der Waals surface area contributed by atoms with E-state index in [1.54, 1.807) is 42.8 Å². The third kappa shape index (κ3) is 7.48. The van der Waals surface area contributed by atoms with Gasteiger partial charge >= 0.3 is 6.18 Å². The molecule has 0 radical (unpaired) electrons. The second kappa shape index (κ2) is 14.4. The quantitative estimate of drug-likeness (QED) is 0.158. The van der Waals surface area contributed by atoms with Gasteiger partial charge in [-0.25, -0.2) is 9.07 Å². The van der Waals surface area contributed by atoms with E-state index in [1.807, 2.05) is 11.0 Å². The minimum absolute atomic E-state index is 0.124. The molecule has 2 aliphatic rings. The van der Waals surface area contributed by atoms with Gasteiger partial charge in [-0.15, -0.1) is 0 Å². The molecule has 3 amide bonds. The summed E-state index contributed by atoms with van der Waals surface area (Å²) < 4.78 is 56.5. The normalized spacial score (nSPS) is 20.4. The van der Waals surface area contributed by atoms with Crippen LogP contribution in [0.3, 0.4) is 0 Å². The van der Waals surface area contributed by atoms with Gasteiger partial charge in [0.05, 0.1) is 29.1 Å². The number of benzene rings is 3. The molecule has 0 aliphatic carbocycles. The molecule has 3 N–H and O–H groups in total. The van der Waals surface area contributed by atoms with Crippen LogP contribution >= 0.6 is 0 Å². The first-order valence-electron chi connectivity index (χ1n) is 16.8. The minimum Gasteiger partial charge on any atom is -0.389 e. The first kappa shape index (κ1) is 36.5. The van der Waals surface area contributed by atoms with Gasteiger partial charge in [0.15, 0.2) is 0 Å². The largest absolute Gasteiger partial charge is 0.416 e. The van der Waals surface area contributed by atoms with Crippen LogP contribution < -0.4 is 15.5 Å². The molecule has 1 fully saturated rings. The average Bonchev–Trinajstić information content (AvgIpc) is 3.66. The Kier molecular flexibility index (Phi) is 10.1. The average molecular weight is 719 g/mol. The van der Waals surface area contributed by atoms with Crippen molar-refractivity contribution in [3.8, 4) is 5.69 Å². The number of hydrogen-bond donors (Lipinski definition) is 3. The van der Waals surface area contributed by atoms with E-state index in [0.29, 0.717) is 53.9 Å². The number of anilines is 1. The third-order valence-corrected chi connectivity index (χ3v) is 9.37. The number of alkyl halides is 3. The maximum Gasteiger partial charge on any atom is 0.416 e. The van der Waals surface area contributed by atoms with E-state index in [0.717, 1.165) is 12.1 Å². The van der Waals surface area contributed by atoms with E-state index in [2.05, 4.69) is 17.2 Å². The molecule has 2 aliphatic heterocycles. The lowest BCUT2D eigenvalue weighted by molar-refractivity contribution is -0.137. The van der Waals surface area contributed by atoms with Crippen LogP contribution in [0, 0.1) is 5.82 Å². The van der Waals surface area contributed by atoms with Crippen LogP contribution in [0.4, 0.5) is 23.4 Å². The number of aliphatic hydroxyl groups is 1. The maximum absolute atomic E-state index is 14.4. The van der Waals surface area contributed by atoms with Crippen molar-refractivity contribution >= 4 is 23.5 Å². The zero-order chi connectivity index (χ0) is 37.4. The Bertz CT molecular complexity index is 1990. The van der Waals surface area contributed by atoms with Gasteiger partial charge in [0.2, 0.25) is 5.91 Å². The summed E-state index contributed by atoms with van der Waals surface area (Å²) in [4.78, 5) is 44.8. The van der Waals surface area contributed by atoms with Crippen molar-refractivity contribution in [2.75, 3.05) is 31.1 Å². The lowest BCUT2D eigenvalue weighted by Gasteiger charge is -2.38. The highest BCUT2D eigenvalue weighted by Crippen LogP contribution is 2.44. The second-order valence-electron chi connectivity index (χ2n) is 13.3. The van der Waals surface area contributed by atoms with E-state index in [1.165, 1.54) is 35.2 Å². The second-order valence-corrected chi connectivity index (χ2v) is 13.3. The highest BCUT2D eigenvalue weighted by Gasteiger charge is 2.46. The molecular weight excluding hydrogens is 680 g/mol. The first-order valence-corrected chi connectivity index (χ1v) is 16.8. The lowest BCUT2D eigenvalue weighted by Crippen LogP contribution is -2.55.